The van der Waals surface area contributed by atoms with Crippen molar-refractivity contribution in [2.75, 3.05) is 14.2 Å². The summed E-state index contributed by atoms with van der Waals surface area (Å²) in [6, 6.07) is 30.2. The first-order valence-corrected chi connectivity index (χ1v) is 31.3. The number of carbonyl (C=O) groups is 4. The Morgan fingerprint density at radius 3 is 1.22 bits per heavy atom. The Morgan fingerprint density at radius 1 is 0.467 bits per heavy atom. The van der Waals surface area contributed by atoms with Gasteiger partial charge in [-0.2, -0.15) is 61.5 Å². The highest BCUT2D eigenvalue weighted by atomic mass is 35.5. The van der Waals surface area contributed by atoms with E-state index in [-0.39, 0.29) is 45.9 Å². The van der Waals surface area contributed by atoms with Gasteiger partial charge in [0.25, 0.3) is 11.1 Å². The normalized spacial score (nSPS) is 13.6. The summed E-state index contributed by atoms with van der Waals surface area (Å²) in [5.74, 6) is -12.3. The van der Waals surface area contributed by atoms with Crippen LogP contribution < -0.4 is 19.5 Å². The number of hydrogen-bond donors (Lipinski definition) is 2. The molecule has 0 fully saturated rings. The Morgan fingerprint density at radius 2 is 0.838 bits per heavy atom. The highest BCUT2D eigenvalue weighted by Gasteiger charge is 2.47. The summed E-state index contributed by atoms with van der Waals surface area (Å²) in [4.78, 5) is 47.7. The fourth-order valence-electron chi connectivity index (χ4n) is 9.68. The minimum Gasteiger partial charge on any atom is -0.466 e. The van der Waals surface area contributed by atoms with Crippen LogP contribution in [-0.2, 0) is 66.3 Å². The SMILES string of the molecule is COC(=O)/C=C/c1cc([C@@](Cc2ccccc2)(NC(=O)c2ccc(F)c(C(F)(F)F)c2)c2cc(F)cc(OC(F)(F)C(F)F)c2)ccc1F.COC(=O)/C=C/c1cc([C@@](Cc2ccccc2)(N[S@](=O)C(C)(C)C)c2cc(F)cc(OC(F)(F)C(F)F)c2)ccc1F.O=C(Cl)c1ccc(F)c(C(F)(F)F)c1. The first kappa shape index (κ1) is 83.9. The van der Waals surface area contributed by atoms with Gasteiger partial charge in [0.15, 0.2) is 0 Å². The summed E-state index contributed by atoms with van der Waals surface area (Å²) in [7, 11) is 0.266. The van der Waals surface area contributed by atoms with E-state index in [0.717, 1.165) is 81.0 Å². The van der Waals surface area contributed by atoms with E-state index in [1.54, 1.807) is 57.2 Å². The van der Waals surface area contributed by atoms with Crippen molar-refractivity contribution in [2.24, 2.45) is 0 Å². The molecular weight excluding hydrogens is 1480 g/mol. The monoisotopic (exact) mass is 1540 g/mol. The molecule has 2 N–H and O–H groups in total. The molecule has 11 nitrogen and oxygen atoms in total. The fraction of sp³-hybridized carbons (Fsp3) is 0.222. The third-order valence-electron chi connectivity index (χ3n) is 14.7. The highest BCUT2D eigenvalue weighted by Crippen LogP contribution is 2.43. The third kappa shape index (κ3) is 22.5. The van der Waals surface area contributed by atoms with E-state index in [2.05, 4.69) is 29.0 Å². The maximum Gasteiger partial charge on any atom is 0.461 e. The summed E-state index contributed by atoms with van der Waals surface area (Å²) in [5.41, 5.74) is -8.48. The van der Waals surface area contributed by atoms with Gasteiger partial charge in [0.2, 0.25) is 0 Å². The smallest absolute Gasteiger partial charge is 0.461 e. The predicted molar refractivity (Wildman–Crippen MR) is 344 cm³/mol. The Balaban J connectivity index is 0.000000280. The molecule has 33 heteroatoms. The van der Waals surface area contributed by atoms with E-state index < -0.39 is 162 Å². The number of halogens is 21. The zero-order chi connectivity index (χ0) is 78.4. The lowest BCUT2D eigenvalue weighted by molar-refractivity contribution is -0.253. The van der Waals surface area contributed by atoms with Crippen LogP contribution in [0.5, 0.6) is 11.5 Å². The fourth-order valence-corrected chi connectivity index (χ4v) is 10.7. The van der Waals surface area contributed by atoms with E-state index >= 15 is 8.78 Å². The molecule has 1 amide bonds. The zero-order valence-corrected chi connectivity index (χ0v) is 56.1. The van der Waals surface area contributed by atoms with Gasteiger partial charge in [0, 0.05) is 53.0 Å². The molecule has 0 saturated carbocycles. The summed E-state index contributed by atoms with van der Waals surface area (Å²) < 4.78 is 304. The van der Waals surface area contributed by atoms with E-state index in [0.29, 0.717) is 59.7 Å². The molecule has 0 bridgehead atoms. The average molecular weight is 1540 g/mol. The molecule has 0 aliphatic rings. The van der Waals surface area contributed by atoms with Crippen molar-refractivity contribution in [3.05, 3.63) is 284 Å². The molecule has 0 aromatic heterocycles. The van der Waals surface area contributed by atoms with Gasteiger partial charge in [-0.25, -0.2) is 44.9 Å². The number of carbonyl (C=O) groups excluding carboxylic acids is 4. The molecule has 560 valence electrons. The van der Waals surface area contributed by atoms with Crippen molar-refractivity contribution in [3.63, 3.8) is 0 Å². The molecule has 0 unspecified atom stereocenters. The van der Waals surface area contributed by atoms with Crippen molar-refractivity contribution >= 4 is 57.8 Å². The standard InChI is InChI=1S/C34H23F10NO4.C30H29F6NO4S.C8H3ClF4O/c1-48-29(46)12-8-20-13-22(9-11-27(20)36)32(18-19-5-3-2-4-6-19,23-15-24(35)17-25(16-23)49-34(43,44)31(38)39)45-30(47)21-7-10-28(37)26(14-21)33(40,41)42;1-28(2,3)42(39)37-29(18-19-8-6-5-7-9-19,21-11-12-25(32)20(14-21)10-13-26(38)40-4)22-15-23(31)17-24(16-22)41-30(35,36)27(33)34;9-7(14)4-1-2-6(10)5(3-4)8(11,12)13/h2-17,31H,18H2,1H3,(H,45,47);5-17,27,37H,18H2,1-4H3;1-3H/b12-8+;13-10+;/t32-;29-,42-;/m11./s1. The maximum atomic E-state index is 15.2. The number of nitrogens with one attached hydrogen (secondary N) is 2. The second-order valence-corrected chi connectivity index (χ2v) is 25.5. The predicted octanol–water partition coefficient (Wildman–Crippen LogP) is 18.6. The first-order valence-electron chi connectivity index (χ1n) is 29.8. The van der Waals surface area contributed by atoms with E-state index in [9.17, 15) is 102 Å². The number of methoxy groups -OCH3 is 2. The van der Waals surface area contributed by atoms with Crippen LogP contribution >= 0.6 is 11.6 Å². The molecule has 105 heavy (non-hydrogen) atoms. The molecule has 0 spiro atoms. The minimum atomic E-state index is -5.23. The second-order valence-electron chi connectivity index (χ2n) is 23.2. The first-order chi connectivity index (χ1) is 48.8. The van der Waals surface area contributed by atoms with Crippen LogP contribution in [0.1, 0.15) is 97.1 Å². The van der Waals surface area contributed by atoms with E-state index in [1.165, 1.54) is 36.4 Å². The molecule has 0 saturated heterocycles. The lowest BCUT2D eigenvalue weighted by Gasteiger charge is -2.38. The van der Waals surface area contributed by atoms with Crippen LogP contribution in [0.3, 0.4) is 0 Å². The van der Waals surface area contributed by atoms with E-state index in [4.69, 9.17) is 11.6 Å². The largest absolute Gasteiger partial charge is 0.466 e. The van der Waals surface area contributed by atoms with Crippen LogP contribution in [0.2, 0.25) is 0 Å². The lowest BCUT2D eigenvalue weighted by Crippen LogP contribution is -2.50. The van der Waals surface area contributed by atoms with Crippen LogP contribution in [0.15, 0.2) is 182 Å². The number of benzene rings is 8. The highest BCUT2D eigenvalue weighted by molar-refractivity contribution is 7.84. The quantitative estimate of drug-likeness (QED) is 0.0277. The van der Waals surface area contributed by atoms with Crippen molar-refractivity contribution in [1.82, 2.24) is 10.0 Å². The van der Waals surface area contributed by atoms with Gasteiger partial charge in [-0.05, 0) is 169 Å². The van der Waals surface area contributed by atoms with Gasteiger partial charge < -0.3 is 24.3 Å². The molecule has 8 aromatic carbocycles. The number of alkyl halides is 14. The van der Waals surface area contributed by atoms with Crippen molar-refractivity contribution < 1.29 is 130 Å². The van der Waals surface area contributed by atoms with Gasteiger partial charge >= 0.3 is 49.4 Å². The summed E-state index contributed by atoms with van der Waals surface area (Å²) in [6.07, 6.45) is -25.3. The van der Waals surface area contributed by atoms with Crippen LogP contribution in [0, 0.1) is 34.9 Å². The van der Waals surface area contributed by atoms with Gasteiger partial charge in [0.05, 0.1) is 52.2 Å². The van der Waals surface area contributed by atoms with Crippen LogP contribution in [0.25, 0.3) is 12.2 Å². The average Bonchev–Trinajstić information content (AvgIpc) is 0.757. The molecule has 8 aromatic rings. The summed E-state index contributed by atoms with van der Waals surface area (Å²) in [6.45, 7) is 4.96. The number of rotatable bonds is 23. The van der Waals surface area contributed by atoms with Gasteiger partial charge in [-0.3, -0.25) is 9.59 Å². The molecule has 8 rings (SSSR count). The summed E-state index contributed by atoms with van der Waals surface area (Å²) in [5, 5.41) is 1.40. The van der Waals surface area contributed by atoms with Gasteiger partial charge in [0.1, 0.15) is 46.4 Å². The van der Waals surface area contributed by atoms with E-state index in [1.807, 2.05) is 0 Å². The number of esters is 2. The van der Waals surface area contributed by atoms with Crippen molar-refractivity contribution in [3.8, 4) is 11.5 Å². The van der Waals surface area contributed by atoms with Crippen LogP contribution in [0.4, 0.5) is 87.8 Å². The van der Waals surface area contributed by atoms with Gasteiger partial charge in [-0.1, -0.05) is 72.8 Å². The van der Waals surface area contributed by atoms with Crippen LogP contribution in [-0.4, -0.2) is 71.3 Å². The molecule has 0 heterocycles. The van der Waals surface area contributed by atoms with Crippen molar-refractivity contribution in [2.45, 2.75) is 86.9 Å². The lowest BCUT2D eigenvalue weighted by atomic mass is 9.77. The van der Waals surface area contributed by atoms with Gasteiger partial charge in [-0.15, -0.1) is 0 Å². The Kier molecular flexibility index (Phi) is 27.7. The topological polar surface area (TPSA) is 146 Å². The molecule has 0 radical (unpaired) electrons. The van der Waals surface area contributed by atoms with Crippen molar-refractivity contribution in [1.29, 1.82) is 0 Å². The summed E-state index contributed by atoms with van der Waals surface area (Å²) >= 11 is 4.95. The Hall–Kier alpha value is -10.1. The Bertz CT molecular complexity index is 4500. The zero-order valence-electron chi connectivity index (χ0n) is 54.6. The third-order valence-corrected chi connectivity index (χ3v) is 16.6. The minimum absolute atomic E-state index is 0.0877. The molecule has 0 aliphatic carbocycles. The number of ether oxygens (including phenoxy) is 4. The maximum absolute atomic E-state index is 15.2. The second kappa shape index (κ2) is 34.7. The molecular formula is C72H55ClF20N2O9S. The molecule has 0 aliphatic heterocycles. The molecule has 3 atom stereocenters. The Labute approximate surface area is 592 Å². The number of amides is 1. The number of hydrogen-bond acceptors (Lipinski definition) is 9.